The molecule has 4 rings (SSSR count). The topological polar surface area (TPSA) is 107 Å². The number of carbonyl (C=O) groups is 1. The summed E-state index contributed by atoms with van der Waals surface area (Å²) in [7, 11) is -3.08. The van der Waals surface area contributed by atoms with Crippen LogP contribution >= 0.6 is 0 Å². The smallest absolute Gasteiger partial charge is 0.340 e. The largest absolute Gasteiger partial charge is 0.464 e. The number of amides is 1. The Kier molecular flexibility index (Phi) is 4.10. The molecular formula is C19H19NO6S. The van der Waals surface area contributed by atoms with Crippen molar-refractivity contribution >= 4 is 37.7 Å². The molecule has 1 saturated heterocycles. The van der Waals surface area contributed by atoms with E-state index in [1.165, 1.54) is 0 Å². The van der Waals surface area contributed by atoms with E-state index in [1.807, 2.05) is 13.0 Å². The molecule has 3 aromatic rings. The van der Waals surface area contributed by atoms with Crippen LogP contribution < -0.4 is 10.9 Å². The van der Waals surface area contributed by atoms with Crippen LogP contribution in [0.1, 0.15) is 23.1 Å². The van der Waals surface area contributed by atoms with Gasteiger partial charge in [0.15, 0.2) is 9.84 Å². The number of benzene rings is 1. The van der Waals surface area contributed by atoms with E-state index in [2.05, 4.69) is 5.32 Å². The van der Waals surface area contributed by atoms with Crippen LogP contribution in [0.25, 0.3) is 21.9 Å². The Morgan fingerprint density at radius 3 is 2.70 bits per heavy atom. The molecular weight excluding hydrogens is 370 g/mol. The number of hydrogen-bond acceptors (Lipinski definition) is 6. The summed E-state index contributed by atoms with van der Waals surface area (Å²) in [6.45, 7) is 3.71. The monoisotopic (exact) mass is 389 g/mol. The number of hydrogen-bond donors (Lipinski definition) is 1. The van der Waals surface area contributed by atoms with Crippen molar-refractivity contribution in [2.24, 2.45) is 0 Å². The number of nitrogens with one attached hydrogen (secondary N) is 1. The molecule has 0 aliphatic carbocycles. The Balaban J connectivity index is 1.67. The van der Waals surface area contributed by atoms with Gasteiger partial charge >= 0.3 is 5.63 Å². The third-order valence-corrected chi connectivity index (χ3v) is 6.88. The van der Waals surface area contributed by atoms with Crippen LogP contribution in [0.2, 0.25) is 0 Å². The van der Waals surface area contributed by atoms with E-state index in [-0.39, 0.29) is 29.4 Å². The number of furan rings is 1. The average molecular weight is 389 g/mol. The van der Waals surface area contributed by atoms with Crippen molar-refractivity contribution in [3.05, 3.63) is 45.5 Å². The first-order chi connectivity index (χ1) is 12.7. The van der Waals surface area contributed by atoms with Gasteiger partial charge in [-0.05, 0) is 37.5 Å². The van der Waals surface area contributed by atoms with E-state index in [0.29, 0.717) is 23.2 Å². The van der Waals surface area contributed by atoms with Crippen LogP contribution in [0.15, 0.2) is 32.0 Å². The van der Waals surface area contributed by atoms with Crippen LogP contribution in [0.4, 0.5) is 0 Å². The van der Waals surface area contributed by atoms with Gasteiger partial charge in [0.05, 0.1) is 29.8 Å². The summed E-state index contributed by atoms with van der Waals surface area (Å²) in [4.78, 5) is 24.7. The quantitative estimate of drug-likeness (QED) is 0.687. The molecule has 1 atom stereocenters. The molecule has 1 aromatic carbocycles. The second-order valence-corrected chi connectivity index (χ2v) is 9.33. The van der Waals surface area contributed by atoms with Gasteiger partial charge in [-0.1, -0.05) is 0 Å². The molecule has 142 valence electrons. The predicted octanol–water partition coefficient (Wildman–Crippen LogP) is 2.00. The molecule has 7 nitrogen and oxygen atoms in total. The van der Waals surface area contributed by atoms with E-state index in [0.717, 1.165) is 16.3 Å². The second kappa shape index (κ2) is 6.23. The lowest BCUT2D eigenvalue weighted by Gasteiger charge is -2.12. The molecule has 1 N–H and O–H groups in total. The van der Waals surface area contributed by atoms with Gasteiger partial charge in [-0.3, -0.25) is 4.79 Å². The van der Waals surface area contributed by atoms with Crippen molar-refractivity contribution in [3.63, 3.8) is 0 Å². The maximum atomic E-state index is 12.4. The average Bonchev–Trinajstić information content (AvgIpc) is 3.12. The highest BCUT2D eigenvalue weighted by Gasteiger charge is 2.29. The van der Waals surface area contributed by atoms with Crippen LogP contribution in [-0.4, -0.2) is 31.9 Å². The minimum absolute atomic E-state index is 0.0538. The van der Waals surface area contributed by atoms with Gasteiger partial charge in [-0.25, -0.2) is 13.2 Å². The number of carbonyl (C=O) groups excluding carboxylic acids is 1. The summed E-state index contributed by atoms with van der Waals surface area (Å²) in [6.07, 6.45) is 1.89. The van der Waals surface area contributed by atoms with Gasteiger partial charge in [0.2, 0.25) is 5.91 Å². The van der Waals surface area contributed by atoms with Gasteiger partial charge in [0, 0.05) is 22.9 Å². The Morgan fingerprint density at radius 1 is 1.22 bits per heavy atom. The highest BCUT2D eigenvalue weighted by Crippen LogP contribution is 2.28. The van der Waals surface area contributed by atoms with Crippen molar-refractivity contribution < 1.29 is 22.0 Å². The summed E-state index contributed by atoms with van der Waals surface area (Å²) in [5, 5.41) is 4.38. The van der Waals surface area contributed by atoms with Crippen molar-refractivity contribution in [2.75, 3.05) is 11.5 Å². The first-order valence-corrected chi connectivity index (χ1v) is 10.5. The minimum atomic E-state index is -3.08. The maximum Gasteiger partial charge on any atom is 0.340 e. The summed E-state index contributed by atoms with van der Waals surface area (Å²) in [5.41, 5.74) is 2.40. The van der Waals surface area contributed by atoms with Gasteiger partial charge in [0.25, 0.3) is 0 Å². The predicted molar refractivity (Wildman–Crippen MR) is 101 cm³/mol. The zero-order valence-corrected chi connectivity index (χ0v) is 15.8. The molecule has 0 bridgehead atoms. The minimum Gasteiger partial charge on any atom is -0.464 e. The normalized spacial score (nSPS) is 19.0. The number of aryl methyl sites for hydroxylation is 2. The Morgan fingerprint density at radius 2 is 2.00 bits per heavy atom. The van der Waals surface area contributed by atoms with Crippen molar-refractivity contribution in [1.29, 1.82) is 0 Å². The highest BCUT2D eigenvalue weighted by molar-refractivity contribution is 7.91. The van der Waals surface area contributed by atoms with Gasteiger partial charge < -0.3 is 14.2 Å². The second-order valence-electron chi connectivity index (χ2n) is 7.10. The molecule has 0 saturated carbocycles. The molecule has 1 unspecified atom stereocenters. The van der Waals surface area contributed by atoms with Crippen LogP contribution in [-0.2, 0) is 21.1 Å². The molecule has 8 heteroatoms. The number of rotatable bonds is 3. The Bertz CT molecular complexity index is 1230. The van der Waals surface area contributed by atoms with Gasteiger partial charge in [0.1, 0.15) is 11.2 Å². The summed E-state index contributed by atoms with van der Waals surface area (Å²) in [6, 6.07) is 3.18. The molecule has 1 aliphatic heterocycles. The van der Waals surface area contributed by atoms with Gasteiger partial charge in [-0.15, -0.1) is 0 Å². The Hall–Kier alpha value is -2.61. The molecule has 1 fully saturated rings. The first-order valence-electron chi connectivity index (χ1n) is 8.67. The van der Waals surface area contributed by atoms with Gasteiger partial charge in [-0.2, -0.15) is 0 Å². The molecule has 1 amide bonds. The van der Waals surface area contributed by atoms with Crippen LogP contribution in [0.5, 0.6) is 0 Å². The highest BCUT2D eigenvalue weighted by atomic mass is 32.2. The summed E-state index contributed by atoms with van der Waals surface area (Å²) < 4.78 is 33.9. The summed E-state index contributed by atoms with van der Waals surface area (Å²) >= 11 is 0. The van der Waals surface area contributed by atoms with E-state index >= 15 is 0 Å². The zero-order valence-electron chi connectivity index (χ0n) is 15.0. The van der Waals surface area contributed by atoms with Crippen molar-refractivity contribution in [1.82, 2.24) is 5.32 Å². The molecule has 0 spiro atoms. The zero-order chi connectivity index (χ0) is 19.3. The SMILES string of the molecule is Cc1coc2cc3oc(=O)c(CC(=O)NC4CCS(=O)(=O)C4)c(C)c3cc12. The maximum absolute atomic E-state index is 12.4. The fourth-order valence-electron chi connectivity index (χ4n) is 3.59. The summed E-state index contributed by atoms with van der Waals surface area (Å²) in [5.74, 6) is -0.357. The number of sulfone groups is 1. The fraction of sp³-hybridized carbons (Fsp3) is 0.368. The van der Waals surface area contributed by atoms with Crippen molar-refractivity contribution in [3.8, 4) is 0 Å². The molecule has 0 radical (unpaired) electrons. The lowest BCUT2D eigenvalue weighted by Crippen LogP contribution is -2.37. The van der Waals surface area contributed by atoms with E-state index in [4.69, 9.17) is 8.83 Å². The third kappa shape index (κ3) is 3.25. The van der Waals surface area contributed by atoms with E-state index in [9.17, 15) is 18.0 Å². The fourth-order valence-corrected chi connectivity index (χ4v) is 5.26. The standard InChI is InChI=1S/C19H19NO6S/c1-10-8-25-16-7-17-14(5-13(10)16)11(2)15(19(22)26-17)6-18(21)20-12-3-4-27(23,24)9-12/h5,7-8,12H,3-4,6,9H2,1-2H3,(H,20,21). The van der Waals surface area contributed by atoms with E-state index < -0.39 is 21.5 Å². The van der Waals surface area contributed by atoms with Crippen LogP contribution in [0, 0.1) is 13.8 Å². The van der Waals surface area contributed by atoms with Crippen LogP contribution in [0.3, 0.4) is 0 Å². The van der Waals surface area contributed by atoms with Crippen molar-refractivity contribution in [2.45, 2.75) is 32.7 Å². The molecule has 3 heterocycles. The molecule has 2 aromatic heterocycles. The first kappa shape index (κ1) is 17.8. The molecule has 27 heavy (non-hydrogen) atoms. The lowest BCUT2D eigenvalue weighted by atomic mass is 10.0. The molecule has 1 aliphatic rings. The third-order valence-electron chi connectivity index (χ3n) is 5.11. The van der Waals surface area contributed by atoms with E-state index in [1.54, 1.807) is 19.3 Å². The number of fused-ring (bicyclic) bond motifs is 2. The lowest BCUT2D eigenvalue weighted by molar-refractivity contribution is -0.121. The Labute approximate surface area is 155 Å².